The van der Waals surface area contributed by atoms with Crippen molar-refractivity contribution in [2.24, 2.45) is 11.8 Å². The highest BCUT2D eigenvalue weighted by Gasteiger charge is 2.26. The van der Waals surface area contributed by atoms with Gasteiger partial charge < -0.3 is 5.11 Å². The van der Waals surface area contributed by atoms with Crippen molar-refractivity contribution in [3.63, 3.8) is 0 Å². The first-order valence-corrected chi connectivity index (χ1v) is 6.01. The second kappa shape index (κ2) is 5.64. The minimum Gasteiger partial charge on any atom is -0.396 e. The van der Waals surface area contributed by atoms with Crippen molar-refractivity contribution in [2.45, 2.75) is 52.1 Å². The Labute approximate surface area is 97.3 Å². The Morgan fingerprint density at radius 2 is 1.88 bits per heavy atom. The third kappa shape index (κ3) is 4.49. The van der Waals surface area contributed by atoms with Crippen LogP contribution in [0.3, 0.4) is 0 Å². The molecule has 1 rings (SSSR count). The average Bonchev–Trinajstić information content (AvgIpc) is 2.25. The number of nitrogens with one attached hydrogen (secondary N) is 1. The molecule has 0 aromatic carbocycles. The molecule has 0 aromatic heterocycles. The van der Waals surface area contributed by atoms with Crippen molar-refractivity contribution in [3.05, 3.63) is 0 Å². The van der Waals surface area contributed by atoms with Gasteiger partial charge in [0.25, 0.3) is 0 Å². The molecule has 0 heterocycles. The second-order valence-corrected chi connectivity index (χ2v) is 5.58. The van der Waals surface area contributed by atoms with E-state index in [1.54, 1.807) is 0 Å². The van der Waals surface area contributed by atoms with Crippen LogP contribution in [-0.2, 0) is 9.63 Å². The van der Waals surface area contributed by atoms with E-state index in [4.69, 9.17) is 9.94 Å². The van der Waals surface area contributed by atoms with Crippen LogP contribution in [0, 0.1) is 11.8 Å². The van der Waals surface area contributed by atoms with Gasteiger partial charge >= 0.3 is 0 Å². The van der Waals surface area contributed by atoms with Gasteiger partial charge in [0.05, 0.1) is 5.60 Å². The van der Waals surface area contributed by atoms with E-state index in [-0.39, 0.29) is 24.0 Å². The van der Waals surface area contributed by atoms with Crippen molar-refractivity contribution in [2.75, 3.05) is 6.61 Å². The molecule has 0 saturated heterocycles. The van der Waals surface area contributed by atoms with Gasteiger partial charge in [0.2, 0.25) is 5.91 Å². The van der Waals surface area contributed by atoms with Crippen LogP contribution in [-0.4, -0.2) is 23.2 Å². The Kier molecular flexibility index (Phi) is 4.74. The van der Waals surface area contributed by atoms with Gasteiger partial charge in [-0.15, -0.1) is 0 Å². The van der Waals surface area contributed by atoms with E-state index >= 15 is 0 Å². The number of aliphatic hydroxyl groups excluding tert-OH is 1. The molecule has 16 heavy (non-hydrogen) atoms. The van der Waals surface area contributed by atoms with Gasteiger partial charge in [0.15, 0.2) is 0 Å². The van der Waals surface area contributed by atoms with E-state index in [2.05, 4.69) is 5.48 Å². The molecule has 1 aliphatic rings. The molecule has 2 N–H and O–H groups in total. The number of hydroxylamine groups is 1. The lowest BCUT2D eigenvalue weighted by atomic mass is 9.82. The van der Waals surface area contributed by atoms with E-state index in [0.29, 0.717) is 5.92 Å². The molecule has 0 atom stereocenters. The SMILES string of the molecule is CC(C)(C)ONC(=O)C1CCC(CO)CC1. The molecular weight excluding hydrogens is 206 g/mol. The van der Waals surface area contributed by atoms with Crippen LogP contribution in [0.15, 0.2) is 0 Å². The minimum absolute atomic E-state index is 0.0219. The first-order valence-electron chi connectivity index (χ1n) is 6.01. The average molecular weight is 229 g/mol. The quantitative estimate of drug-likeness (QED) is 0.723. The summed E-state index contributed by atoms with van der Waals surface area (Å²) in [7, 11) is 0. The third-order valence-electron chi connectivity index (χ3n) is 2.93. The number of amides is 1. The molecule has 0 unspecified atom stereocenters. The number of carbonyl (C=O) groups is 1. The maximum atomic E-state index is 11.7. The Morgan fingerprint density at radius 1 is 1.31 bits per heavy atom. The topological polar surface area (TPSA) is 58.6 Å². The van der Waals surface area contributed by atoms with E-state index in [0.717, 1.165) is 25.7 Å². The molecule has 1 amide bonds. The zero-order valence-electron chi connectivity index (χ0n) is 10.5. The number of hydrogen-bond donors (Lipinski definition) is 2. The van der Waals surface area contributed by atoms with Gasteiger partial charge in [-0.05, 0) is 52.4 Å². The smallest absolute Gasteiger partial charge is 0.246 e. The van der Waals surface area contributed by atoms with Crippen LogP contribution in [0.1, 0.15) is 46.5 Å². The molecule has 1 saturated carbocycles. The Morgan fingerprint density at radius 3 is 2.31 bits per heavy atom. The summed E-state index contributed by atoms with van der Waals surface area (Å²) < 4.78 is 0. The molecule has 0 aliphatic heterocycles. The van der Waals surface area contributed by atoms with E-state index in [1.165, 1.54) is 0 Å². The molecule has 0 spiro atoms. The maximum Gasteiger partial charge on any atom is 0.246 e. The number of carbonyl (C=O) groups excluding carboxylic acids is 1. The predicted molar refractivity (Wildman–Crippen MR) is 61.5 cm³/mol. The Bertz CT molecular complexity index is 227. The van der Waals surface area contributed by atoms with E-state index < -0.39 is 0 Å². The monoisotopic (exact) mass is 229 g/mol. The molecule has 94 valence electrons. The largest absolute Gasteiger partial charge is 0.396 e. The van der Waals surface area contributed by atoms with Crippen molar-refractivity contribution in [1.82, 2.24) is 5.48 Å². The summed E-state index contributed by atoms with van der Waals surface area (Å²) in [5, 5.41) is 9.00. The van der Waals surface area contributed by atoms with Gasteiger partial charge in [-0.3, -0.25) is 9.63 Å². The van der Waals surface area contributed by atoms with Gasteiger partial charge in [0, 0.05) is 12.5 Å². The van der Waals surface area contributed by atoms with Gasteiger partial charge in [-0.1, -0.05) is 0 Å². The molecule has 0 bridgehead atoms. The fourth-order valence-corrected chi connectivity index (χ4v) is 1.89. The molecular formula is C12H23NO3. The lowest BCUT2D eigenvalue weighted by Gasteiger charge is -2.27. The first kappa shape index (κ1) is 13.5. The summed E-state index contributed by atoms with van der Waals surface area (Å²) in [6.07, 6.45) is 3.57. The second-order valence-electron chi connectivity index (χ2n) is 5.58. The van der Waals surface area contributed by atoms with Crippen molar-refractivity contribution in [1.29, 1.82) is 0 Å². The summed E-state index contributed by atoms with van der Waals surface area (Å²) in [5.41, 5.74) is 2.17. The van der Waals surface area contributed by atoms with Gasteiger partial charge in [-0.2, -0.15) is 0 Å². The van der Waals surface area contributed by atoms with Crippen molar-refractivity contribution < 1.29 is 14.7 Å². The minimum atomic E-state index is -0.349. The van der Waals surface area contributed by atoms with E-state index in [9.17, 15) is 4.79 Å². The summed E-state index contributed by atoms with van der Waals surface area (Å²) in [4.78, 5) is 17.0. The lowest BCUT2D eigenvalue weighted by Crippen LogP contribution is -2.38. The summed E-state index contributed by atoms with van der Waals surface area (Å²) in [6, 6.07) is 0. The Hall–Kier alpha value is -0.610. The highest BCUT2D eigenvalue weighted by atomic mass is 16.7. The lowest BCUT2D eigenvalue weighted by molar-refractivity contribution is -0.151. The summed E-state index contributed by atoms with van der Waals surface area (Å²) >= 11 is 0. The number of aliphatic hydroxyl groups is 1. The van der Waals surface area contributed by atoms with Crippen LogP contribution >= 0.6 is 0 Å². The highest BCUT2D eigenvalue weighted by molar-refractivity contribution is 5.77. The number of rotatable bonds is 3. The molecule has 0 aromatic rings. The van der Waals surface area contributed by atoms with Crippen LogP contribution in [0.4, 0.5) is 0 Å². The maximum absolute atomic E-state index is 11.7. The van der Waals surface area contributed by atoms with Crippen molar-refractivity contribution >= 4 is 5.91 Å². The molecule has 4 nitrogen and oxygen atoms in total. The van der Waals surface area contributed by atoms with Crippen LogP contribution in [0.25, 0.3) is 0 Å². The fraction of sp³-hybridized carbons (Fsp3) is 0.917. The van der Waals surface area contributed by atoms with Crippen LogP contribution in [0.2, 0.25) is 0 Å². The fourth-order valence-electron chi connectivity index (χ4n) is 1.89. The highest BCUT2D eigenvalue weighted by Crippen LogP contribution is 2.28. The standard InChI is InChI=1S/C12H23NO3/c1-12(2,3)16-13-11(15)10-6-4-9(8-14)5-7-10/h9-10,14H,4-8H2,1-3H3,(H,13,15). The first-order chi connectivity index (χ1) is 7.42. The molecule has 0 radical (unpaired) electrons. The Balaban J connectivity index is 2.28. The molecule has 1 fully saturated rings. The normalized spacial score (nSPS) is 26.5. The van der Waals surface area contributed by atoms with Gasteiger partial charge in [-0.25, -0.2) is 5.48 Å². The third-order valence-corrected chi connectivity index (χ3v) is 2.93. The van der Waals surface area contributed by atoms with E-state index in [1.807, 2.05) is 20.8 Å². The van der Waals surface area contributed by atoms with Crippen LogP contribution < -0.4 is 5.48 Å². The zero-order chi connectivity index (χ0) is 12.2. The van der Waals surface area contributed by atoms with Gasteiger partial charge in [0.1, 0.15) is 0 Å². The van der Waals surface area contributed by atoms with Crippen LogP contribution in [0.5, 0.6) is 0 Å². The summed E-state index contributed by atoms with van der Waals surface area (Å²) in [6.45, 7) is 5.94. The molecule has 1 aliphatic carbocycles. The predicted octanol–water partition coefficient (Wildman–Crippen LogP) is 1.63. The number of hydrogen-bond acceptors (Lipinski definition) is 3. The summed E-state index contributed by atoms with van der Waals surface area (Å²) in [5.74, 6) is 0.407. The molecule has 4 heteroatoms. The zero-order valence-corrected chi connectivity index (χ0v) is 10.5. The van der Waals surface area contributed by atoms with Crippen molar-refractivity contribution in [3.8, 4) is 0 Å².